The highest BCUT2D eigenvalue weighted by Gasteiger charge is 2.43. The first-order valence-electron chi connectivity index (χ1n) is 5.77. The van der Waals surface area contributed by atoms with Gasteiger partial charge in [0.15, 0.2) is 0 Å². The summed E-state index contributed by atoms with van der Waals surface area (Å²) in [5.41, 5.74) is 0.995. The van der Waals surface area contributed by atoms with E-state index in [1.54, 1.807) is 6.07 Å². The second-order valence-electron chi connectivity index (χ2n) is 4.67. The fourth-order valence-corrected chi connectivity index (χ4v) is 2.09. The van der Waals surface area contributed by atoms with Crippen molar-refractivity contribution in [2.75, 3.05) is 0 Å². The Morgan fingerprint density at radius 3 is 2.76 bits per heavy atom. The molecule has 1 aromatic carbocycles. The van der Waals surface area contributed by atoms with E-state index in [0.717, 1.165) is 17.5 Å². The molecule has 0 saturated heterocycles. The first-order valence-corrected chi connectivity index (χ1v) is 5.77. The van der Waals surface area contributed by atoms with Crippen molar-refractivity contribution in [3.8, 4) is 0 Å². The van der Waals surface area contributed by atoms with E-state index in [2.05, 4.69) is 5.32 Å². The summed E-state index contributed by atoms with van der Waals surface area (Å²) in [7, 11) is 0. The van der Waals surface area contributed by atoms with Crippen LogP contribution in [0.3, 0.4) is 0 Å². The van der Waals surface area contributed by atoms with Crippen LogP contribution in [0.4, 0.5) is 4.39 Å². The molecule has 0 aliphatic heterocycles. The molecule has 92 valence electrons. The summed E-state index contributed by atoms with van der Waals surface area (Å²) in [6.45, 7) is 2.29. The summed E-state index contributed by atoms with van der Waals surface area (Å²) in [6.07, 6.45) is 2.23. The lowest BCUT2D eigenvalue weighted by Crippen LogP contribution is -2.56. The minimum absolute atomic E-state index is 0.287. The summed E-state index contributed by atoms with van der Waals surface area (Å²) in [5.74, 6) is -1.09. The Morgan fingerprint density at radius 2 is 2.24 bits per heavy atom. The minimum atomic E-state index is -0.808. The largest absolute Gasteiger partial charge is 0.480 e. The van der Waals surface area contributed by atoms with Crippen molar-refractivity contribution in [2.45, 2.75) is 38.3 Å². The molecule has 1 aliphatic rings. The van der Waals surface area contributed by atoms with Gasteiger partial charge in [-0.2, -0.15) is 0 Å². The first-order chi connectivity index (χ1) is 8.03. The van der Waals surface area contributed by atoms with Gasteiger partial charge in [0.05, 0.1) is 0 Å². The highest BCUT2D eigenvalue weighted by molar-refractivity contribution is 5.79. The second kappa shape index (κ2) is 4.45. The summed E-state index contributed by atoms with van der Waals surface area (Å²) in [6, 6.07) is 4.58. The van der Waals surface area contributed by atoms with E-state index in [0.29, 0.717) is 19.4 Å². The molecule has 0 unspecified atom stereocenters. The number of carboxylic acids is 1. The van der Waals surface area contributed by atoms with Crippen LogP contribution in [0.15, 0.2) is 18.2 Å². The molecule has 0 aromatic heterocycles. The van der Waals surface area contributed by atoms with Gasteiger partial charge in [-0.3, -0.25) is 10.1 Å². The number of aliphatic carboxylic acids is 1. The molecule has 0 bridgehead atoms. The fourth-order valence-electron chi connectivity index (χ4n) is 2.09. The lowest BCUT2D eigenvalue weighted by atomic mass is 9.76. The Hall–Kier alpha value is -1.42. The van der Waals surface area contributed by atoms with Crippen molar-refractivity contribution in [1.82, 2.24) is 5.32 Å². The number of carboxylic acid groups (broad SMARTS) is 1. The topological polar surface area (TPSA) is 49.3 Å². The highest BCUT2D eigenvalue weighted by atomic mass is 19.1. The zero-order valence-corrected chi connectivity index (χ0v) is 9.79. The molecule has 4 heteroatoms. The summed E-state index contributed by atoms with van der Waals surface area (Å²) in [5, 5.41) is 12.2. The van der Waals surface area contributed by atoms with Gasteiger partial charge in [0, 0.05) is 6.54 Å². The Morgan fingerprint density at radius 1 is 1.53 bits per heavy atom. The zero-order chi connectivity index (χ0) is 12.5. The van der Waals surface area contributed by atoms with E-state index in [1.165, 1.54) is 12.1 Å². The molecule has 3 nitrogen and oxygen atoms in total. The first kappa shape index (κ1) is 12.0. The summed E-state index contributed by atoms with van der Waals surface area (Å²) in [4.78, 5) is 11.1. The lowest BCUT2D eigenvalue weighted by Gasteiger charge is -2.38. The SMILES string of the molecule is Cc1ccc(F)cc1CNC1(C(=O)O)CCC1. The number of halogens is 1. The van der Waals surface area contributed by atoms with Gasteiger partial charge in [-0.25, -0.2) is 4.39 Å². The fraction of sp³-hybridized carbons (Fsp3) is 0.462. The monoisotopic (exact) mass is 237 g/mol. The van der Waals surface area contributed by atoms with Gasteiger partial charge in [-0.15, -0.1) is 0 Å². The maximum absolute atomic E-state index is 13.1. The average Bonchev–Trinajstić information content (AvgIpc) is 2.21. The summed E-state index contributed by atoms with van der Waals surface area (Å²) >= 11 is 0. The molecule has 0 atom stereocenters. The normalized spacial score (nSPS) is 17.5. The molecular weight excluding hydrogens is 221 g/mol. The average molecular weight is 237 g/mol. The maximum Gasteiger partial charge on any atom is 0.323 e. The Balaban J connectivity index is 2.07. The van der Waals surface area contributed by atoms with Gasteiger partial charge < -0.3 is 5.11 Å². The summed E-state index contributed by atoms with van der Waals surface area (Å²) < 4.78 is 13.1. The molecule has 0 radical (unpaired) electrons. The number of hydrogen-bond donors (Lipinski definition) is 2. The van der Waals surface area contributed by atoms with Crippen LogP contribution in [-0.4, -0.2) is 16.6 Å². The molecule has 1 fully saturated rings. The van der Waals surface area contributed by atoms with Gasteiger partial charge in [0.2, 0.25) is 0 Å². The molecule has 2 rings (SSSR count). The van der Waals surface area contributed by atoms with Gasteiger partial charge in [-0.1, -0.05) is 6.07 Å². The van der Waals surface area contributed by atoms with E-state index in [1.807, 2.05) is 6.92 Å². The predicted octanol–water partition coefficient (Wildman–Crippen LogP) is 2.23. The van der Waals surface area contributed by atoms with Crippen molar-refractivity contribution in [1.29, 1.82) is 0 Å². The van der Waals surface area contributed by atoms with Gasteiger partial charge in [-0.05, 0) is 49.4 Å². The van der Waals surface area contributed by atoms with E-state index in [9.17, 15) is 9.18 Å². The van der Waals surface area contributed by atoms with E-state index in [-0.39, 0.29) is 5.82 Å². The Kier molecular flexibility index (Phi) is 3.15. The van der Waals surface area contributed by atoms with Crippen LogP contribution < -0.4 is 5.32 Å². The number of hydrogen-bond acceptors (Lipinski definition) is 2. The third kappa shape index (κ3) is 2.31. The van der Waals surface area contributed by atoms with Crippen LogP contribution in [0.1, 0.15) is 30.4 Å². The van der Waals surface area contributed by atoms with Crippen LogP contribution in [0.5, 0.6) is 0 Å². The van der Waals surface area contributed by atoms with Crippen LogP contribution in [-0.2, 0) is 11.3 Å². The van der Waals surface area contributed by atoms with Crippen molar-refractivity contribution < 1.29 is 14.3 Å². The molecule has 17 heavy (non-hydrogen) atoms. The van der Waals surface area contributed by atoms with E-state index >= 15 is 0 Å². The number of aryl methyl sites for hydroxylation is 1. The Labute approximate surface area is 99.7 Å². The van der Waals surface area contributed by atoms with Crippen LogP contribution in [0, 0.1) is 12.7 Å². The lowest BCUT2D eigenvalue weighted by molar-refractivity contribution is -0.148. The molecule has 0 heterocycles. The third-order valence-electron chi connectivity index (χ3n) is 3.54. The van der Waals surface area contributed by atoms with Crippen molar-refractivity contribution in [3.05, 3.63) is 35.1 Å². The number of benzene rings is 1. The van der Waals surface area contributed by atoms with Crippen LogP contribution in [0.2, 0.25) is 0 Å². The standard InChI is InChI=1S/C13H16FNO2/c1-9-3-4-11(14)7-10(9)8-15-13(12(16)17)5-2-6-13/h3-4,7,15H,2,5-6,8H2,1H3,(H,16,17). The maximum atomic E-state index is 13.1. The van der Waals surface area contributed by atoms with Crippen molar-refractivity contribution >= 4 is 5.97 Å². The highest BCUT2D eigenvalue weighted by Crippen LogP contribution is 2.32. The second-order valence-corrected chi connectivity index (χ2v) is 4.67. The van der Waals surface area contributed by atoms with E-state index < -0.39 is 11.5 Å². The molecule has 2 N–H and O–H groups in total. The third-order valence-corrected chi connectivity index (χ3v) is 3.54. The van der Waals surface area contributed by atoms with Gasteiger partial charge in [0.1, 0.15) is 11.4 Å². The number of rotatable bonds is 4. The smallest absolute Gasteiger partial charge is 0.323 e. The molecule has 0 spiro atoms. The van der Waals surface area contributed by atoms with Gasteiger partial charge in [0.25, 0.3) is 0 Å². The van der Waals surface area contributed by atoms with Crippen LogP contribution >= 0.6 is 0 Å². The van der Waals surface area contributed by atoms with Crippen LogP contribution in [0.25, 0.3) is 0 Å². The van der Waals surface area contributed by atoms with Crippen molar-refractivity contribution in [2.24, 2.45) is 0 Å². The number of carbonyl (C=O) groups is 1. The molecular formula is C13H16FNO2. The Bertz CT molecular complexity index is 441. The molecule has 1 aromatic rings. The molecule has 1 saturated carbocycles. The van der Waals surface area contributed by atoms with Gasteiger partial charge >= 0.3 is 5.97 Å². The quantitative estimate of drug-likeness (QED) is 0.844. The minimum Gasteiger partial charge on any atom is -0.480 e. The zero-order valence-electron chi connectivity index (χ0n) is 9.79. The molecule has 1 aliphatic carbocycles. The van der Waals surface area contributed by atoms with Crippen molar-refractivity contribution in [3.63, 3.8) is 0 Å². The predicted molar refractivity (Wildman–Crippen MR) is 62.2 cm³/mol. The number of nitrogens with one attached hydrogen (secondary N) is 1. The molecule has 0 amide bonds. The van der Waals surface area contributed by atoms with E-state index in [4.69, 9.17) is 5.11 Å².